The minimum absolute atomic E-state index is 0. The topological polar surface area (TPSA) is 34.1 Å². The van der Waals surface area contributed by atoms with Crippen LogP contribution in [0.5, 0.6) is 0 Å². The lowest BCUT2D eigenvalue weighted by Gasteiger charge is -1.87. The molecule has 0 heterocycles. The van der Waals surface area contributed by atoms with Crippen LogP contribution in [0.2, 0.25) is 0 Å². The van der Waals surface area contributed by atoms with E-state index < -0.39 is 0 Å². The lowest BCUT2D eigenvalue weighted by Crippen LogP contribution is -1.97. The van der Waals surface area contributed by atoms with Crippen LogP contribution in [0.25, 0.3) is 0 Å². The Morgan fingerprint density at radius 3 is 1.20 bits per heavy atom. The molecular weight excluding hydrogens is 127 g/mol. The summed E-state index contributed by atoms with van der Waals surface area (Å²) >= 11 is 0. The van der Waals surface area contributed by atoms with Gasteiger partial charge in [0, 0.05) is 0 Å². The van der Waals surface area contributed by atoms with Crippen molar-refractivity contribution in [3.63, 3.8) is 0 Å². The monoisotopic (exact) mass is 138 g/mol. The van der Waals surface area contributed by atoms with E-state index >= 15 is 0 Å². The van der Waals surface area contributed by atoms with E-state index in [1.165, 1.54) is 24.3 Å². The molecule has 0 aliphatic heterocycles. The van der Waals surface area contributed by atoms with E-state index in [1.807, 2.05) is 0 Å². The van der Waals surface area contributed by atoms with Gasteiger partial charge in [-0.1, -0.05) is 7.43 Å². The molecule has 0 atom stereocenters. The first-order valence-corrected chi connectivity index (χ1v) is 2.23. The predicted molar refractivity (Wildman–Crippen MR) is 45.0 cm³/mol. The Morgan fingerprint density at radius 2 is 1.00 bits per heavy atom. The molecule has 0 bridgehead atoms. The first kappa shape index (κ1) is 11.7. The van der Waals surface area contributed by atoms with E-state index in [4.69, 9.17) is 0 Å². The Labute approximate surface area is 62.2 Å². The Balaban J connectivity index is 0. The molecule has 1 aliphatic rings. The molecule has 0 N–H and O–H groups in total. The second-order valence-electron chi connectivity index (χ2n) is 1.47. The molecule has 10 heavy (non-hydrogen) atoms. The number of hydrogen-bond acceptors (Lipinski definition) is 2. The molecule has 0 radical (unpaired) electrons. The predicted octanol–water partition coefficient (Wildman–Crippen LogP) is -0.297. The molecule has 1 aliphatic carbocycles. The average Bonchev–Trinajstić information content (AvgIpc) is 1.77. The van der Waals surface area contributed by atoms with Gasteiger partial charge in [0.05, 0.1) is 8.41 Å². The molecule has 3 heteroatoms. The van der Waals surface area contributed by atoms with Crippen LogP contribution in [-0.2, 0) is 9.59 Å². The third-order valence-corrected chi connectivity index (χ3v) is 0.824. The highest BCUT2D eigenvalue weighted by Gasteiger charge is 1.97. The minimum atomic E-state index is -0.121. The summed E-state index contributed by atoms with van der Waals surface area (Å²) in [6, 6.07) is 0. The number of rotatable bonds is 0. The van der Waals surface area contributed by atoms with Gasteiger partial charge < -0.3 is 0 Å². The molecule has 54 valence electrons. The van der Waals surface area contributed by atoms with Gasteiger partial charge in [0.25, 0.3) is 0 Å². The van der Waals surface area contributed by atoms with Crippen LogP contribution in [0.4, 0.5) is 0 Å². The molecule has 2 nitrogen and oxygen atoms in total. The molecule has 0 saturated heterocycles. The van der Waals surface area contributed by atoms with Gasteiger partial charge in [-0.3, -0.25) is 9.59 Å². The molecule has 0 aromatic heterocycles. The lowest BCUT2D eigenvalue weighted by molar-refractivity contribution is -0.113. The highest BCUT2D eigenvalue weighted by Crippen LogP contribution is 1.90. The Hall–Kier alpha value is -1.12. The van der Waals surface area contributed by atoms with E-state index in [1.54, 1.807) is 0 Å². The summed E-state index contributed by atoms with van der Waals surface area (Å²) in [6.07, 6.45) is 5.01. The van der Waals surface area contributed by atoms with E-state index in [2.05, 4.69) is 0 Å². The van der Waals surface area contributed by atoms with Crippen molar-refractivity contribution in [2.45, 2.75) is 7.43 Å². The summed E-state index contributed by atoms with van der Waals surface area (Å²) in [6.45, 7) is 0. The van der Waals surface area contributed by atoms with Gasteiger partial charge in [-0.2, -0.15) is 0 Å². The molecular formula is C7H11BO2. The van der Waals surface area contributed by atoms with Crippen LogP contribution in [0.3, 0.4) is 0 Å². The number of carbonyl (C=O) groups is 2. The summed E-state index contributed by atoms with van der Waals surface area (Å²) in [5.74, 6) is -0.241. The fourth-order valence-electron chi connectivity index (χ4n) is 0.440. The fourth-order valence-corrected chi connectivity index (χ4v) is 0.440. The number of ketones is 2. The van der Waals surface area contributed by atoms with Crippen LogP contribution >= 0.6 is 0 Å². The van der Waals surface area contributed by atoms with Gasteiger partial charge >= 0.3 is 0 Å². The highest BCUT2D eigenvalue weighted by atomic mass is 16.1. The van der Waals surface area contributed by atoms with Crippen molar-refractivity contribution in [2.75, 3.05) is 0 Å². The summed E-state index contributed by atoms with van der Waals surface area (Å²) in [5.41, 5.74) is 0. The van der Waals surface area contributed by atoms with Crippen molar-refractivity contribution >= 4 is 20.0 Å². The Bertz CT molecular complexity index is 154. The van der Waals surface area contributed by atoms with Crippen molar-refractivity contribution in [3.05, 3.63) is 24.3 Å². The van der Waals surface area contributed by atoms with Crippen molar-refractivity contribution in [3.8, 4) is 0 Å². The standard InChI is InChI=1S/C6H4O2.CH4.BH3/c7-5-1-2-6(8)4-3-5;;/h1-4H;1H4;1H3. The molecule has 0 fully saturated rings. The van der Waals surface area contributed by atoms with Crippen LogP contribution < -0.4 is 0 Å². The van der Waals surface area contributed by atoms with E-state index in [9.17, 15) is 9.59 Å². The minimum Gasteiger partial charge on any atom is -0.290 e. The molecule has 0 aromatic carbocycles. The largest absolute Gasteiger partial charge is 0.290 e. The van der Waals surface area contributed by atoms with Crippen LogP contribution in [-0.4, -0.2) is 20.0 Å². The first-order chi connectivity index (χ1) is 3.79. The second kappa shape index (κ2) is 4.73. The Morgan fingerprint density at radius 1 is 0.800 bits per heavy atom. The van der Waals surface area contributed by atoms with Crippen molar-refractivity contribution in [1.82, 2.24) is 0 Å². The average molecular weight is 138 g/mol. The molecule has 0 aromatic rings. The van der Waals surface area contributed by atoms with Crippen LogP contribution in [0.1, 0.15) is 7.43 Å². The van der Waals surface area contributed by atoms with Crippen LogP contribution in [0, 0.1) is 0 Å². The molecule has 0 spiro atoms. The van der Waals surface area contributed by atoms with E-state index in [-0.39, 0.29) is 27.4 Å². The summed E-state index contributed by atoms with van der Waals surface area (Å²) in [4.78, 5) is 20.6. The van der Waals surface area contributed by atoms with Crippen molar-refractivity contribution in [1.29, 1.82) is 0 Å². The smallest absolute Gasteiger partial charge is 0.178 e. The van der Waals surface area contributed by atoms with Crippen molar-refractivity contribution < 1.29 is 9.59 Å². The van der Waals surface area contributed by atoms with Gasteiger partial charge in [0.15, 0.2) is 11.6 Å². The number of carbonyl (C=O) groups excluding carboxylic acids is 2. The maximum absolute atomic E-state index is 10.3. The maximum atomic E-state index is 10.3. The third kappa shape index (κ3) is 3.02. The second-order valence-corrected chi connectivity index (χ2v) is 1.47. The van der Waals surface area contributed by atoms with Crippen molar-refractivity contribution in [2.24, 2.45) is 0 Å². The van der Waals surface area contributed by atoms with Gasteiger partial charge in [0.2, 0.25) is 0 Å². The molecule has 0 unspecified atom stereocenters. The van der Waals surface area contributed by atoms with E-state index in [0.717, 1.165) is 0 Å². The highest BCUT2D eigenvalue weighted by molar-refractivity contribution is 6.14. The first-order valence-electron chi connectivity index (χ1n) is 2.23. The summed E-state index contributed by atoms with van der Waals surface area (Å²) in [5, 5.41) is 0. The summed E-state index contributed by atoms with van der Waals surface area (Å²) < 4.78 is 0. The van der Waals surface area contributed by atoms with Gasteiger partial charge in [0.1, 0.15) is 0 Å². The third-order valence-electron chi connectivity index (χ3n) is 0.824. The van der Waals surface area contributed by atoms with Crippen LogP contribution in [0.15, 0.2) is 24.3 Å². The lowest BCUT2D eigenvalue weighted by atomic mass is 10.2. The zero-order chi connectivity index (χ0) is 5.98. The number of allylic oxidation sites excluding steroid dienone is 4. The fraction of sp³-hybridized carbons (Fsp3) is 0.143. The maximum Gasteiger partial charge on any atom is 0.178 e. The van der Waals surface area contributed by atoms with Gasteiger partial charge in [-0.05, 0) is 24.3 Å². The molecule has 0 saturated carbocycles. The SMILES string of the molecule is B.C.O=C1C=CC(=O)C=C1. The molecule has 1 rings (SSSR count). The quantitative estimate of drug-likeness (QED) is 0.340. The molecule has 0 amide bonds. The normalized spacial score (nSPS) is 14.0. The van der Waals surface area contributed by atoms with Gasteiger partial charge in [-0.15, -0.1) is 0 Å². The zero-order valence-electron chi connectivity index (χ0n) is 4.13. The zero-order valence-corrected chi connectivity index (χ0v) is 4.13. The summed E-state index contributed by atoms with van der Waals surface area (Å²) in [7, 11) is 0. The van der Waals surface area contributed by atoms with E-state index in [0.29, 0.717) is 0 Å². The number of hydrogen-bond donors (Lipinski definition) is 0. The Kier molecular flexibility index (Phi) is 5.52. The van der Waals surface area contributed by atoms with Gasteiger partial charge in [-0.25, -0.2) is 0 Å².